The molecule has 0 atom stereocenters. The fraction of sp³-hybridized carbons (Fsp3) is 0. The molecular weight excluding hydrogens is 1010 g/mol. The molecule has 0 bridgehead atoms. The number of hydrogen-bond acceptors (Lipinski definition) is 8. The fourth-order valence-electron chi connectivity index (χ4n) is 13.1. The molecule has 0 amide bonds. The Bertz CT molecular complexity index is 5870. The lowest BCUT2D eigenvalue weighted by Gasteiger charge is -2.19. The Kier molecular flexibility index (Phi) is 8.92. The van der Waals surface area contributed by atoms with E-state index in [1.807, 2.05) is 147 Å². The van der Waals surface area contributed by atoms with Crippen LogP contribution in [-0.2, 0) is 0 Å². The lowest BCUT2D eigenvalue weighted by molar-refractivity contribution is 1.18. The highest BCUT2D eigenvalue weighted by Crippen LogP contribution is 2.42. The number of aromatic nitrogens is 5. The molecule has 0 fully saturated rings. The van der Waals surface area contributed by atoms with E-state index in [1.54, 1.807) is 78.9 Å². The van der Waals surface area contributed by atoms with E-state index in [-0.39, 0.29) is 38.4 Å². The van der Waals surface area contributed by atoms with Gasteiger partial charge in [0.25, 0.3) is 0 Å². The molecule has 0 saturated carbocycles. The average molecular weight is 1040 g/mol. The molecule has 11 nitrogen and oxygen atoms in total. The van der Waals surface area contributed by atoms with Crippen molar-refractivity contribution in [3.05, 3.63) is 274 Å². The number of hydrogen-bond donors (Lipinski definition) is 0. The molecule has 81 heavy (non-hydrogen) atoms. The van der Waals surface area contributed by atoms with E-state index in [2.05, 4.69) is 0 Å². The predicted octanol–water partition coefficient (Wildman–Crippen LogP) is 12.8. The van der Waals surface area contributed by atoms with Gasteiger partial charge in [-0.05, 0) is 121 Å². The van der Waals surface area contributed by atoms with Crippen LogP contribution < -0.4 is 32.6 Å². The zero-order chi connectivity index (χ0) is 54.1. The van der Waals surface area contributed by atoms with Gasteiger partial charge in [-0.3, -0.25) is 28.8 Å². The third-order valence-electron chi connectivity index (χ3n) is 16.6. The van der Waals surface area contributed by atoms with E-state index >= 15 is 9.59 Å². The van der Waals surface area contributed by atoms with Gasteiger partial charge in [0, 0.05) is 86.9 Å². The Morgan fingerprint density at radius 3 is 0.889 bits per heavy atom. The monoisotopic (exact) mass is 1040 g/mol. The highest BCUT2D eigenvalue weighted by molar-refractivity contribution is 6.12. The quantitative estimate of drug-likeness (QED) is 0.125. The van der Waals surface area contributed by atoms with E-state index in [4.69, 9.17) is 9.97 Å². The molecule has 0 radical (unpaired) electrons. The Morgan fingerprint density at radius 2 is 0.519 bits per heavy atom. The molecule has 376 valence electrons. The van der Waals surface area contributed by atoms with Crippen molar-refractivity contribution < 1.29 is 0 Å². The van der Waals surface area contributed by atoms with Gasteiger partial charge in [0.2, 0.25) is 0 Å². The maximum atomic E-state index is 15.1. The maximum absolute atomic E-state index is 15.1. The number of rotatable bonds is 4. The second-order valence-electron chi connectivity index (χ2n) is 20.8. The average Bonchev–Trinajstić information content (AvgIpc) is 3.36. The molecule has 10 aromatic carbocycles. The smallest absolute Gasteiger partial charge is 0.197 e. The van der Waals surface area contributed by atoms with Crippen LogP contribution in [0.3, 0.4) is 0 Å². The fourth-order valence-corrected chi connectivity index (χ4v) is 13.1. The Labute approximate surface area is 454 Å². The van der Waals surface area contributed by atoms with E-state index in [0.717, 1.165) is 5.56 Å². The molecule has 0 unspecified atom stereocenters. The molecule has 7 aromatic heterocycles. The highest BCUT2D eigenvalue weighted by atomic mass is 16.1. The van der Waals surface area contributed by atoms with Crippen LogP contribution in [0.5, 0.6) is 0 Å². The molecule has 0 aliphatic carbocycles. The standard InChI is InChI=1S/C70H35N5O6/c76-64-40-15-4-7-24-52(40)73-55-30-27-37(33-49(55)67(79)46-21-10-18-43(64)61(46)73)59-58(36-13-2-1-3-14-36)60(38-28-31-56-50(34-38)68(80)47-22-11-19-44-62(47)74(56)53-25-8-5-16-41(53)65(44)77)72-70(71-59)39-29-32-57-51(35-39)69(81)48-23-12-20-45-63(48)75(57)54-26-9-6-17-42(54)66(45)78/h1-35H. The van der Waals surface area contributed by atoms with Crippen LogP contribution in [0.15, 0.2) is 241 Å². The zero-order valence-electron chi connectivity index (χ0n) is 42.4. The van der Waals surface area contributed by atoms with Crippen LogP contribution in [0.25, 0.3) is 159 Å². The maximum Gasteiger partial charge on any atom is 0.197 e. The van der Waals surface area contributed by atoms with Gasteiger partial charge in [-0.2, -0.15) is 0 Å². The van der Waals surface area contributed by atoms with Gasteiger partial charge in [0.15, 0.2) is 38.4 Å². The van der Waals surface area contributed by atoms with Crippen LogP contribution in [0.4, 0.5) is 0 Å². The van der Waals surface area contributed by atoms with Gasteiger partial charge < -0.3 is 13.2 Å². The molecule has 0 aliphatic heterocycles. The number of pyridine rings is 6. The summed E-state index contributed by atoms with van der Waals surface area (Å²) in [6.45, 7) is 0. The lowest BCUT2D eigenvalue weighted by atomic mass is 9.92. The minimum absolute atomic E-state index is 0.150. The van der Waals surface area contributed by atoms with Crippen molar-refractivity contribution in [3.8, 4) is 45.0 Å². The minimum Gasteiger partial charge on any atom is -0.308 e. The zero-order valence-corrected chi connectivity index (χ0v) is 42.4. The molecule has 11 heteroatoms. The van der Waals surface area contributed by atoms with Gasteiger partial charge >= 0.3 is 0 Å². The third kappa shape index (κ3) is 5.95. The van der Waals surface area contributed by atoms with Crippen LogP contribution in [-0.4, -0.2) is 23.2 Å². The molecule has 7 heterocycles. The van der Waals surface area contributed by atoms with Crippen molar-refractivity contribution in [1.82, 2.24) is 23.2 Å². The summed E-state index contributed by atoms with van der Waals surface area (Å²) < 4.78 is 5.99. The summed E-state index contributed by atoms with van der Waals surface area (Å²) in [7, 11) is 0. The first-order chi connectivity index (χ1) is 39.7. The Hall–Kier alpha value is -11.3. The van der Waals surface area contributed by atoms with E-state index in [1.165, 1.54) is 0 Å². The highest BCUT2D eigenvalue weighted by Gasteiger charge is 2.26. The molecule has 17 rings (SSSR count). The molecule has 17 aromatic rings. The first-order valence-corrected chi connectivity index (χ1v) is 26.5. The van der Waals surface area contributed by atoms with Crippen LogP contribution in [0, 0.1) is 0 Å². The van der Waals surface area contributed by atoms with Crippen molar-refractivity contribution in [2.45, 2.75) is 0 Å². The van der Waals surface area contributed by atoms with E-state index in [0.29, 0.717) is 148 Å². The molecule has 0 N–H and O–H groups in total. The number of nitrogens with zero attached hydrogens (tertiary/aromatic N) is 5. The van der Waals surface area contributed by atoms with Crippen molar-refractivity contribution in [1.29, 1.82) is 0 Å². The summed E-state index contributed by atoms with van der Waals surface area (Å²) in [5.41, 5.74) is 8.22. The third-order valence-corrected chi connectivity index (χ3v) is 16.6. The summed E-state index contributed by atoms with van der Waals surface area (Å²) >= 11 is 0. The molecule has 0 saturated heterocycles. The Balaban J connectivity index is 1.000. The minimum atomic E-state index is -0.260. The molecular formula is C70H35N5O6. The molecule has 0 aliphatic rings. The van der Waals surface area contributed by atoms with Crippen LogP contribution >= 0.6 is 0 Å². The normalized spacial score (nSPS) is 12.2. The van der Waals surface area contributed by atoms with E-state index < -0.39 is 0 Å². The predicted molar refractivity (Wildman–Crippen MR) is 325 cm³/mol. The van der Waals surface area contributed by atoms with E-state index in [9.17, 15) is 19.2 Å². The molecule has 0 spiro atoms. The second kappa shape index (κ2) is 16.1. The number of para-hydroxylation sites is 6. The Morgan fingerprint density at radius 1 is 0.235 bits per heavy atom. The van der Waals surface area contributed by atoms with Gasteiger partial charge in [-0.15, -0.1) is 0 Å². The van der Waals surface area contributed by atoms with Crippen molar-refractivity contribution in [2.24, 2.45) is 0 Å². The number of benzene rings is 10. The summed E-state index contributed by atoms with van der Waals surface area (Å²) in [5, 5.41) is 5.28. The summed E-state index contributed by atoms with van der Waals surface area (Å²) in [4.78, 5) is 97.9. The largest absolute Gasteiger partial charge is 0.308 e. The topological polar surface area (TPSA) is 141 Å². The second-order valence-corrected chi connectivity index (χ2v) is 20.8. The summed E-state index contributed by atoms with van der Waals surface area (Å²) in [6, 6.07) is 64.7. The van der Waals surface area contributed by atoms with Gasteiger partial charge in [0.1, 0.15) is 0 Å². The SMILES string of the molecule is O=c1c2ccccc2n2c3ccc(-c4nc(-c5ccc6c(c5)c(=O)c5cccc7c(=O)c8ccccc8n6c75)c(-c5ccccc5)c(-c5ccc6c(c5)c(=O)c5cccc7c(=O)c8ccccc8n6c75)n4)cc3c(=O)c3cccc1c32. The van der Waals surface area contributed by atoms with Crippen LogP contribution in [0.2, 0.25) is 0 Å². The van der Waals surface area contributed by atoms with Crippen molar-refractivity contribution in [3.63, 3.8) is 0 Å². The van der Waals surface area contributed by atoms with Crippen LogP contribution in [0.1, 0.15) is 0 Å². The first-order valence-electron chi connectivity index (χ1n) is 26.5. The van der Waals surface area contributed by atoms with Gasteiger partial charge in [-0.1, -0.05) is 97.1 Å². The lowest BCUT2D eigenvalue weighted by Crippen LogP contribution is -2.14. The summed E-state index contributed by atoms with van der Waals surface area (Å²) in [6.07, 6.45) is 0. The van der Waals surface area contributed by atoms with Gasteiger partial charge in [-0.25, -0.2) is 9.97 Å². The van der Waals surface area contributed by atoms with Crippen molar-refractivity contribution >= 4 is 114 Å². The number of fused-ring (bicyclic) bond motifs is 12. The first kappa shape index (κ1) is 44.8. The van der Waals surface area contributed by atoms with Gasteiger partial charge in [0.05, 0.1) is 61.0 Å². The van der Waals surface area contributed by atoms with Crippen molar-refractivity contribution in [2.75, 3.05) is 0 Å². The summed E-state index contributed by atoms with van der Waals surface area (Å²) in [5.74, 6) is 0.258.